The Bertz CT molecular complexity index is 492. The topological polar surface area (TPSA) is 35.6 Å². The molecule has 2 rings (SSSR count). The fraction of sp³-hybridized carbons (Fsp3) is 0.533. The van der Waals surface area contributed by atoms with Crippen LogP contribution in [0.2, 0.25) is 0 Å². The summed E-state index contributed by atoms with van der Waals surface area (Å²) in [4.78, 5) is 15.5. The number of hydrogen-bond acceptors (Lipinski definition) is 3. The van der Waals surface area contributed by atoms with Gasteiger partial charge in [-0.1, -0.05) is 13.0 Å². The lowest BCUT2D eigenvalue weighted by atomic mass is 10.0. The van der Waals surface area contributed by atoms with Crippen molar-refractivity contribution in [3.63, 3.8) is 0 Å². The Morgan fingerprint density at radius 1 is 1.40 bits per heavy atom. The number of piperazine rings is 1. The van der Waals surface area contributed by atoms with E-state index in [-0.39, 0.29) is 17.8 Å². The van der Waals surface area contributed by atoms with Crippen molar-refractivity contribution in [2.45, 2.75) is 19.9 Å². The van der Waals surface area contributed by atoms with Gasteiger partial charge < -0.3 is 15.1 Å². The van der Waals surface area contributed by atoms with Crippen molar-refractivity contribution in [3.8, 4) is 0 Å². The summed E-state index contributed by atoms with van der Waals surface area (Å²) in [6.45, 7) is 6.43. The molecule has 1 aromatic rings. The minimum Gasteiger partial charge on any atom is -0.360 e. The number of benzene rings is 1. The number of carbonyl (C=O) groups is 1. The van der Waals surface area contributed by atoms with Gasteiger partial charge in [0.25, 0.3) is 0 Å². The van der Waals surface area contributed by atoms with E-state index in [1.807, 2.05) is 24.8 Å². The van der Waals surface area contributed by atoms with Crippen LogP contribution in [0.15, 0.2) is 18.2 Å². The van der Waals surface area contributed by atoms with E-state index in [9.17, 15) is 9.18 Å². The predicted octanol–water partition coefficient (Wildman–Crippen LogP) is 1.77. The number of halogens is 1. The van der Waals surface area contributed by atoms with Gasteiger partial charge in [0.15, 0.2) is 0 Å². The summed E-state index contributed by atoms with van der Waals surface area (Å²) in [5.74, 6) is -0.148. The second-order valence-electron chi connectivity index (χ2n) is 5.19. The van der Waals surface area contributed by atoms with E-state index in [1.165, 1.54) is 6.07 Å². The van der Waals surface area contributed by atoms with E-state index in [2.05, 4.69) is 5.32 Å². The molecule has 1 N–H and O–H groups in total. The summed E-state index contributed by atoms with van der Waals surface area (Å²) in [6, 6.07) is 5.00. The molecule has 1 atom stereocenters. The van der Waals surface area contributed by atoms with E-state index in [1.54, 1.807) is 18.0 Å². The molecule has 5 heteroatoms. The second-order valence-corrected chi connectivity index (χ2v) is 5.19. The van der Waals surface area contributed by atoms with Gasteiger partial charge in [0, 0.05) is 37.4 Å². The third kappa shape index (κ3) is 2.93. The monoisotopic (exact) mass is 279 g/mol. The summed E-state index contributed by atoms with van der Waals surface area (Å²) in [7, 11) is 1.80. The molecule has 1 fully saturated rings. The van der Waals surface area contributed by atoms with E-state index in [0.29, 0.717) is 18.7 Å². The van der Waals surface area contributed by atoms with Crippen LogP contribution in [0.25, 0.3) is 0 Å². The summed E-state index contributed by atoms with van der Waals surface area (Å²) in [5.41, 5.74) is 1.46. The van der Waals surface area contributed by atoms with Crippen molar-refractivity contribution in [1.82, 2.24) is 10.2 Å². The molecule has 110 valence electrons. The van der Waals surface area contributed by atoms with Crippen LogP contribution in [-0.4, -0.2) is 44.0 Å². The number of likely N-dealkylation sites (N-methyl/N-ethyl adjacent to an activating group) is 1. The molecule has 1 aliphatic rings. The number of anilines is 1. The Morgan fingerprint density at radius 2 is 2.15 bits per heavy atom. The predicted molar refractivity (Wildman–Crippen MR) is 78.3 cm³/mol. The van der Waals surface area contributed by atoms with Gasteiger partial charge in [-0.05, 0) is 25.6 Å². The van der Waals surface area contributed by atoms with Gasteiger partial charge in [-0.15, -0.1) is 0 Å². The standard InChI is InChI=1S/C15H22FN3O/c1-4-17-11(2)15-12(16)6-5-7-13(15)19-9-8-18(3)14(20)10-19/h5-7,11,17H,4,8-10H2,1-3H3. The van der Waals surface area contributed by atoms with Crippen LogP contribution in [-0.2, 0) is 4.79 Å². The number of rotatable bonds is 4. The lowest BCUT2D eigenvalue weighted by molar-refractivity contribution is -0.129. The molecule has 1 heterocycles. The van der Waals surface area contributed by atoms with Crippen LogP contribution in [0.1, 0.15) is 25.5 Å². The maximum absolute atomic E-state index is 14.2. The lowest BCUT2D eigenvalue weighted by Crippen LogP contribution is -2.49. The Hall–Kier alpha value is -1.62. The summed E-state index contributed by atoms with van der Waals surface area (Å²) >= 11 is 0. The first kappa shape index (κ1) is 14.8. The van der Waals surface area contributed by atoms with Crippen LogP contribution < -0.4 is 10.2 Å². The molecule has 0 spiro atoms. The van der Waals surface area contributed by atoms with Crippen molar-refractivity contribution in [2.24, 2.45) is 0 Å². The van der Waals surface area contributed by atoms with Gasteiger partial charge in [0.2, 0.25) is 5.91 Å². The van der Waals surface area contributed by atoms with E-state index < -0.39 is 0 Å². The molecule has 0 bridgehead atoms. The number of hydrogen-bond donors (Lipinski definition) is 1. The van der Waals surface area contributed by atoms with Crippen molar-refractivity contribution < 1.29 is 9.18 Å². The Labute approximate surface area is 119 Å². The molecule has 20 heavy (non-hydrogen) atoms. The first-order chi connectivity index (χ1) is 9.54. The fourth-order valence-corrected chi connectivity index (χ4v) is 2.60. The molecule has 4 nitrogen and oxygen atoms in total. The summed E-state index contributed by atoms with van der Waals surface area (Å²) in [6.07, 6.45) is 0. The van der Waals surface area contributed by atoms with Gasteiger partial charge in [-0.3, -0.25) is 4.79 Å². The summed E-state index contributed by atoms with van der Waals surface area (Å²) < 4.78 is 14.2. The third-order valence-electron chi connectivity index (χ3n) is 3.77. The fourth-order valence-electron chi connectivity index (χ4n) is 2.60. The quantitative estimate of drug-likeness (QED) is 0.912. The summed E-state index contributed by atoms with van der Waals surface area (Å²) in [5, 5.41) is 3.24. The molecule has 0 aromatic heterocycles. The van der Waals surface area contributed by atoms with Gasteiger partial charge >= 0.3 is 0 Å². The molecule has 0 radical (unpaired) electrons. The number of amides is 1. The van der Waals surface area contributed by atoms with Crippen molar-refractivity contribution in [2.75, 3.05) is 38.1 Å². The number of carbonyl (C=O) groups excluding carboxylic acids is 1. The zero-order valence-electron chi connectivity index (χ0n) is 12.3. The van der Waals surface area contributed by atoms with Gasteiger partial charge in [0.1, 0.15) is 5.82 Å². The van der Waals surface area contributed by atoms with Crippen molar-refractivity contribution >= 4 is 11.6 Å². The smallest absolute Gasteiger partial charge is 0.241 e. The van der Waals surface area contributed by atoms with Crippen molar-refractivity contribution in [1.29, 1.82) is 0 Å². The van der Waals surface area contributed by atoms with Crippen LogP contribution in [0.4, 0.5) is 10.1 Å². The molecule has 1 aromatic carbocycles. The maximum Gasteiger partial charge on any atom is 0.241 e. The van der Waals surface area contributed by atoms with E-state index in [0.717, 1.165) is 18.8 Å². The highest BCUT2D eigenvalue weighted by atomic mass is 19.1. The Balaban J connectivity index is 2.31. The Morgan fingerprint density at radius 3 is 2.80 bits per heavy atom. The number of nitrogens with one attached hydrogen (secondary N) is 1. The lowest BCUT2D eigenvalue weighted by Gasteiger charge is -2.35. The minimum absolute atomic E-state index is 0.0718. The largest absolute Gasteiger partial charge is 0.360 e. The van der Waals surface area contributed by atoms with Crippen LogP contribution in [0, 0.1) is 5.82 Å². The van der Waals surface area contributed by atoms with Crippen LogP contribution >= 0.6 is 0 Å². The van der Waals surface area contributed by atoms with Gasteiger partial charge in [0.05, 0.1) is 6.54 Å². The third-order valence-corrected chi connectivity index (χ3v) is 3.77. The zero-order valence-corrected chi connectivity index (χ0v) is 12.3. The molecule has 0 aliphatic carbocycles. The molecular formula is C15H22FN3O. The van der Waals surface area contributed by atoms with Crippen molar-refractivity contribution in [3.05, 3.63) is 29.6 Å². The molecule has 1 amide bonds. The SMILES string of the molecule is CCNC(C)c1c(F)cccc1N1CCN(C)C(=O)C1. The molecule has 0 saturated carbocycles. The maximum atomic E-state index is 14.2. The highest BCUT2D eigenvalue weighted by molar-refractivity contribution is 5.83. The van der Waals surface area contributed by atoms with Crippen LogP contribution in [0.3, 0.4) is 0 Å². The molecule has 1 aliphatic heterocycles. The van der Waals surface area contributed by atoms with Gasteiger partial charge in [-0.2, -0.15) is 0 Å². The average Bonchev–Trinajstić information content (AvgIpc) is 2.41. The average molecular weight is 279 g/mol. The van der Waals surface area contributed by atoms with Gasteiger partial charge in [-0.25, -0.2) is 4.39 Å². The highest BCUT2D eigenvalue weighted by Gasteiger charge is 2.25. The molecule has 1 saturated heterocycles. The molecular weight excluding hydrogens is 257 g/mol. The number of nitrogens with zero attached hydrogens (tertiary/aromatic N) is 2. The normalized spacial score (nSPS) is 17.5. The second kappa shape index (κ2) is 6.22. The minimum atomic E-state index is -0.220. The first-order valence-corrected chi connectivity index (χ1v) is 7.05. The van der Waals surface area contributed by atoms with E-state index in [4.69, 9.17) is 0 Å². The Kier molecular flexibility index (Phi) is 4.60. The van der Waals surface area contributed by atoms with E-state index >= 15 is 0 Å². The van der Waals surface area contributed by atoms with Crippen LogP contribution in [0.5, 0.6) is 0 Å². The molecule has 1 unspecified atom stereocenters. The first-order valence-electron chi connectivity index (χ1n) is 7.05. The highest BCUT2D eigenvalue weighted by Crippen LogP contribution is 2.29. The zero-order chi connectivity index (χ0) is 14.7.